The Bertz CT molecular complexity index is 515. The molecule has 2 heterocycles. The van der Waals surface area contributed by atoms with Gasteiger partial charge in [-0.25, -0.2) is 0 Å². The van der Waals surface area contributed by atoms with Crippen LogP contribution in [0.3, 0.4) is 0 Å². The maximum Gasteiger partial charge on any atom is 0.287 e. The number of likely N-dealkylation sites (tertiary alicyclic amines) is 1. The van der Waals surface area contributed by atoms with Gasteiger partial charge in [0.2, 0.25) is 0 Å². The Kier molecular flexibility index (Phi) is 3.99. The summed E-state index contributed by atoms with van der Waals surface area (Å²) in [5, 5.41) is 14.9. The summed E-state index contributed by atoms with van der Waals surface area (Å²) in [5.74, 6) is 0.569. The van der Waals surface area contributed by atoms with E-state index in [1.165, 1.54) is 0 Å². The Morgan fingerprint density at radius 2 is 2.15 bits per heavy atom. The fraction of sp³-hybridized carbons (Fsp3) is 0.538. The largest absolute Gasteiger partial charge is 0.456 e. The van der Waals surface area contributed by atoms with E-state index < -0.39 is 5.54 Å². The molecule has 0 radical (unpaired) electrons. The van der Waals surface area contributed by atoms with E-state index in [1.54, 1.807) is 19.1 Å². The van der Waals surface area contributed by atoms with Crippen LogP contribution in [0.15, 0.2) is 21.7 Å². The quantitative estimate of drug-likeness (QED) is 0.324. The first-order valence-electron chi connectivity index (χ1n) is 6.52. The van der Waals surface area contributed by atoms with Crippen molar-refractivity contribution in [1.82, 2.24) is 10.2 Å². The molecule has 0 aliphatic carbocycles. The van der Waals surface area contributed by atoms with Gasteiger partial charge in [0.05, 0.1) is 0 Å². The van der Waals surface area contributed by atoms with Crippen LogP contribution < -0.4 is 11.1 Å². The molecule has 1 amide bonds. The van der Waals surface area contributed by atoms with Gasteiger partial charge in [-0.2, -0.15) is 0 Å². The number of nitrogens with one attached hydrogen (secondary N) is 1. The first-order chi connectivity index (χ1) is 9.47. The van der Waals surface area contributed by atoms with Gasteiger partial charge in [0.15, 0.2) is 11.6 Å². The molecule has 1 fully saturated rings. The number of carbonyl (C=O) groups excluding carboxylic acids is 1. The van der Waals surface area contributed by atoms with Gasteiger partial charge in [0.1, 0.15) is 11.3 Å². The van der Waals surface area contributed by atoms with Gasteiger partial charge in [0, 0.05) is 13.1 Å². The second-order valence-electron chi connectivity index (χ2n) is 5.24. The Labute approximate surface area is 117 Å². The standard InChI is InChI=1S/C13H20N4O3/c1-9-3-4-10(20-9)11(18)15-13(12(14)16-19)5-7-17(2)8-6-13/h3-4,19H,5-8H2,1-2H3,(H2,14,16)(H,15,18). The second-order valence-corrected chi connectivity index (χ2v) is 5.24. The first-order valence-corrected chi connectivity index (χ1v) is 6.52. The van der Waals surface area contributed by atoms with Crippen LogP contribution >= 0.6 is 0 Å². The minimum Gasteiger partial charge on any atom is -0.456 e. The molecule has 110 valence electrons. The van der Waals surface area contributed by atoms with Crippen LogP contribution in [0.25, 0.3) is 0 Å². The van der Waals surface area contributed by atoms with Gasteiger partial charge in [-0.1, -0.05) is 5.16 Å². The maximum atomic E-state index is 12.2. The van der Waals surface area contributed by atoms with E-state index in [4.69, 9.17) is 15.4 Å². The van der Waals surface area contributed by atoms with E-state index in [0.29, 0.717) is 18.6 Å². The van der Waals surface area contributed by atoms with E-state index in [0.717, 1.165) is 13.1 Å². The van der Waals surface area contributed by atoms with Gasteiger partial charge < -0.3 is 25.6 Å². The molecule has 1 aromatic heterocycles. The molecule has 0 atom stereocenters. The number of nitrogens with zero attached hydrogens (tertiary/aromatic N) is 2. The van der Waals surface area contributed by atoms with Gasteiger partial charge >= 0.3 is 0 Å². The molecule has 0 saturated carbocycles. The number of amides is 1. The van der Waals surface area contributed by atoms with Crippen molar-refractivity contribution in [3.8, 4) is 0 Å². The topological polar surface area (TPSA) is 104 Å². The normalized spacial score (nSPS) is 19.8. The van der Waals surface area contributed by atoms with E-state index in [1.807, 2.05) is 7.05 Å². The lowest BCUT2D eigenvalue weighted by atomic mass is 9.86. The van der Waals surface area contributed by atoms with Gasteiger partial charge in [-0.3, -0.25) is 4.79 Å². The summed E-state index contributed by atoms with van der Waals surface area (Å²) in [6.45, 7) is 3.28. The second kappa shape index (κ2) is 5.54. The van der Waals surface area contributed by atoms with Crippen LogP contribution in [0.5, 0.6) is 0 Å². The molecule has 1 aliphatic rings. The summed E-state index contributed by atoms with van der Waals surface area (Å²) in [4.78, 5) is 14.4. The van der Waals surface area contributed by atoms with Crippen molar-refractivity contribution in [3.63, 3.8) is 0 Å². The van der Waals surface area contributed by atoms with Crippen LogP contribution in [0.2, 0.25) is 0 Å². The Hall–Kier alpha value is -2.02. The highest BCUT2D eigenvalue weighted by molar-refractivity contribution is 5.98. The van der Waals surface area contributed by atoms with Crippen LogP contribution in [0, 0.1) is 6.92 Å². The van der Waals surface area contributed by atoms with Crippen molar-refractivity contribution in [2.24, 2.45) is 10.9 Å². The number of hydrogen-bond donors (Lipinski definition) is 3. The number of oxime groups is 1. The third-order valence-corrected chi connectivity index (χ3v) is 3.76. The zero-order chi connectivity index (χ0) is 14.8. The summed E-state index contributed by atoms with van der Waals surface area (Å²) in [6, 6.07) is 3.33. The highest BCUT2D eigenvalue weighted by atomic mass is 16.4. The third-order valence-electron chi connectivity index (χ3n) is 3.76. The summed E-state index contributed by atoms with van der Waals surface area (Å²) < 4.78 is 5.30. The number of aryl methyl sites for hydroxylation is 1. The van der Waals surface area contributed by atoms with Gasteiger partial charge in [-0.05, 0) is 38.9 Å². The molecule has 0 bridgehead atoms. The minimum absolute atomic E-state index is 0.0298. The van der Waals surface area contributed by atoms with Crippen molar-refractivity contribution >= 4 is 11.7 Å². The molecule has 0 aromatic carbocycles. The number of piperidine rings is 1. The third kappa shape index (κ3) is 2.77. The Balaban J connectivity index is 2.18. The van der Waals surface area contributed by atoms with Crippen LogP contribution in [0.1, 0.15) is 29.2 Å². The molecule has 1 aliphatic heterocycles. The molecular weight excluding hydrogens is 260 g/mol. The van der Waals surface area contributed by atoms with Crippen molar-refractivity contribution in [2.75, 3.05) is 20.1 Å². The number of carbonyl (C=O) groups is 1. The summed E-state index contributed by atoms with van der Waals surface area (Å²) in [7, 11) is 1.99. The van der Waals surface area contributed by atoms with Gasteiger partial charge in [-0.15, -0.1) is 0 Å². The molecule has 0 spiro atoms. The predicted molar refractivity (Wildman–Crippen MR) is 73.8 cm³/mol. The number of amidine groups is 1. The van der Waals surface area contributed by atoms with E-state index in [-0.39, 0.29) is 17.5 Å². The molecule has 7 nitrogen and oxygen atoms in total. The fourth-order valence-corrected chi connectivity index (χ4v) is 2.38. The van der Waals surface area contributed by atoms with Crippen molar-refractivity contribution in [1.29, 1.82) is 0 Å². The number of rotatable bonds is 3. The summed E-state index contributed by atoms with van der Waals surface area (Å²) in [5.41, 5.74) is 4.98. The van der Waals surface area contributed by atoms with Gasteiger partial charge in [0.25, 0.3) is 5.91 Å². The van der Waals surface area contributed by atoms with E-state index >= 15 is 0 Å². The average Bonchev–Trinajstić information content (AvgIpc) is 2.87. The molecule has 4 N–H and O–H groups in total. The van der Waals surface area contributed by atoms with Crippen LogP contribution in [-0.2, 0) is 0 Å². The van der Waals surface area contributed by atoms with Crippen molar-refractivity contribution in [2.45, 2.75) is 25.3 Å². The molecule has 2 rings (SSSR count). The summed E-state index contributed by atoms with van der Waals surface area (Å²) in [6.07, 6.45) is 1.18. The minimum atomic E-state index is -0.820. The lowest BCUT2D eigenvalue weighted by Crippen LogP contribution is -2.62. The lowest BCUT2D eigenvalue weighted by Gasteiger charge is -2.39. The average molecular weight is 280 g/mol. The zero-order valence-corrected chi connectivity index (χ0v) is 11.7. The predicted octanol–water partition coefficient (Wildman–Crippen LogP) is 0.529. The molecule has 1 aromatic rings. The van der Waals surface area contributed by atoms with Crippen molar-refractivity contribution in [3.05, 3.63) is 23.7 Å². The number of furan rings is 1. The van der Waals surface area contributed by atoms with Crippen LogP contribution in [0.4, 0.5) is 0 Å². The molecule has 0 unspecified atom stereocenters. The smallest absolute Gasteiger partial charge is 0.287 e. The van der Waals surface area contributed by atoms with Crippen LogP contribution in [-0.4, -0.2) is 47.5 Å². The fourth-order valence-electron chi connectivity index (χ4n) is 2.38. The Morgan fingerprint density at radius 3 is 2.65 bits per heavy atom. The summed E-state index contributed by atoms with van der Waals surface area (Å²) >= 11 is 0. The van der Waals surface area contributed by atoms with Crippen molar-refractivity contribution < 1.29 is 14.4 Å². The molecule has 20 heavy (non-hydrogen) atoms. The highest BCUT2D eigenvalue weighted by Crippen LogP contribution is 2.23. The maximum absolute atomic E-state index is 12.2. The first kappa shape index (κ1) is 14.4. The monoisotopic (exact) mass is 280 g/mol. The molecule has 7 heteroatoms. The highest BCUT2D eigenvalue weighted by Gasteiger charge is 2.40. The lowest BCUT2D eigenvalue weighted by molar-refractivity contribution is 0.0857. The number of nitrogens with two attached hydrogens (primary N) is 1. The molecular formula is C13H20N4O3. The zero-order valence-electron chi connectivity index (χ0n) is 11.7. The number of hydrogen-bond acceptors (Lipinski definition) is 5. The van der Waals surface area contributed by atoms with E-state index in [9.17, 15) is 4.79 Å². The Morgan fingerprint density at radius 1 is 1.50 bits per heavy atom. The molecule has 1 saturated heterocycles. The van der Waals surface area contributed by atoms with E-state index in [2.05, 4.69) is 15.4 Å². The SMILES string of the molecule is Cc1ccc(C(=O)NC2(/C(N)=N/O)CCN(C)CC2)o1.